The van der Waals surface area contributed by atoms with Crippen LogP contribution in [0.5, 0.6) is 5.75 Å². The average Bonchev–Trinajstić information content (AvgIpc) is 2.67. The van der Waals surface area contributed by atoms with Crippen LogP contribution < -0.4 is 4.74 Å². The quantitative estimate of drug-likeness (QED) is 0.448. The number of ether oxygens (including phenoxy) is 2. The number of rotatable bonds is 3. The highest BCUT2D eigenvalue weighted by molar-refractivity contribution is 6.36. The van der Waals surface area contributed by atoms with E-state index >= 15 is 0 Å². The molecule has 0 atom stereocenters. The number of likely N-dealkylation sites (tertiary alicyclic amines) is 1. The third-order valence-corrected chi connectivity index (χ3v) is 5.48. The van der Waals surface area contributed by atoms with E-state index in [1.54, 1.807) is 25.7 Å². The minimum atomic E-state index is -4.77. The number of fused-ring (bicyclic) bond motifs is 1. The first-order chi connectivity index (χ1) is 15.4. The van der Waals surface area contributed by atoms with E-state index in [1.165, 1.54) is 36.7 Å². The number of carbonyl (C=O) groups excluding carboxylic acids is 1. The molecule has 0 saturated carbocycles. The van der Waals surface area contributed by atoms with Gasteiger partial charge >= 0.3 is 12.5 Å². The van der Waals surface area contributed by atoms with Crippen molar-refractivity contribution in [1.29, 1.82) is 0 Å². The molecule has 0 aliphatic carbocycles. The molecule has 1 aliphatic rings. The highest BCUT2D eigenvalue weighted by Crippen LogP contribution is 2.40. The van der Waals surface area contributed by atoms with E-state index in [-0.39, 0.29) is 11.7 Å². The van der Waals surface area contributed by atoms with E-state index in [4.69, 9.17) is 16.3 Å². The molecular weight excluding hydrogens is 459 g/mol. The molecule has 1 saturated heterocycles. The summed E-state index contributed by atoms with van der Waals surface area (Å²) in [6.45, 7) is 6.27. The fourth-order valence-corrected chi connectivity index (χ4v) is 3.97. The Morgan fingerprint density at radius 1 is 1.06 bits per heavy atom. The van der Waals surface area contributed by atoms with E-state index in [0.717, 1.165) is 5.56 Å². The predicted octanol–water partition coefficient (Wildman–Crippen LogP) is 6.18. The molecule has 2 heterocycles. The van der Waals surface area contributed by atoms with Gasteiger partial charge in [-0.1, -0.05) is 23.7 Å². The summed E-state index contributed by atoms with van der Waals surface area (Å²) < 4.78 is 46.8. The molecule has 0 bridgehead atoms. The lowest BCUT2D eigenvalue weighted by molar-refractivity contribution is -0.274. The van der Waals surface area contributed by atoms with Crippen LogP contribution in [-0.2, 0) is 4.74 Å². The maximum atomic E-state index is 12.5. The fourth-order valence-electron chi connectivity index (χ4n) is 3.62. The molecule has 174 valence electrons. The van der Waals surface area contributed by atoms with Crippen molar-refractivity contribution in [3.63, 3.8) is 0 Å². The van der Waals surface area contributed by atoms with Crippen molar-refractivity contribution in [2.75, 3.05) is 13.1 Å². The second kappa shape index (κ2) is 8.37. The highest BCUT2D eigenvalue weighted by Gasteiger charge is 2.36. The lowest BCUT2D eigenvalue weighted by Gasteiger charge is -2.40. The fraction of sp³-hybridized carbons (Fsp3) is 0.348. The Bertz CT molecular complexity index is 1190. The first kappa shape index (κ1) is 23.1. The van der Waals surface area contributed by atoms with Gasteiger partial charge in [0.05, 0.1) is 10.5 Å². The third kappa shape index (κ3) is 5.13. The van der Waals surface area contributed by atoms with Crippen molar-refractivity contribution in [1.82, 2.24) is 14.9 Å². The largest absolute Gasteiger partial charge is 0.573 e. The molecule has 1 aliphatic heterocycles. The average molecular weight is 480 g/mol. The van der Waals surface area contributed by atoms with E-state index < -0.39 is 18.1 Å². The summed E-state index contributed by atoms with van der Waals surface area (Å²) in [5, 5.41) is 0.438. The molecule has 0 N–H and O–H groups in total. The molecule has 0 unspecified atom stereocenters. The summed E-state index contributed by atoms with van der Waals surface area (Å²) in [5.74, 6) is -0.356. The van der Waals surface area contributed by atoms with Crippen LogP contribution in [0.4, 0.5) is 18.0 Å². The van der Waals surface area contributed by atoms with Crippen molar-refractivity contribution >= 4 is 28.7 Å². The summed E-state index contributed by atoms with van der Waals surface area (Å²) in [6, 6.07) is 7.39. The number of amides is 1. The molecule has 1 amide bonds. The van der Waals surface area contributed by atoms with Gasteiger partial charge in [0.15, 0.2) is 0 Å². The minimum absolute atomic E-state index is 0.0389. The van der Waals surface area contributed by atoms with Gasteiger partial charge in [-0.2, -0.15) is 0 Å². The predicted molar refractivity (Wildman–Crippen MR) is 117 cm³/mol. The molecule has 4 rings (SSSR count). The number of carbonyl (C=O) groups is 1. The zero-order valence-corrected chi connectivity index (χ0v) is 18.9. The van der Waals surface area contributed by atoms with Crippen molar-refractivity contribution < 1.29 is 27.4 Å². The van der Waals surface area contributed by atoms with E-state index in [9.17, 15) is 18.0 Å². The van der Waals surface area contributed by atoms with Crippen LogP contribution in [0, 0.1) is 0 Å². The van der Waals surface area contributed by atoms with Crippen LogP contribution in [-0.4, -0.2) is 46.0 Å². The Morgan fingerprint density at radius 2 is 1.67 bits per heavy atom. The number of aromatic nitrogens is 2. The lowest BCUT2D eigenvalue weighted by Crippen LogP contribution is -2.50. The molecule has 1 fully saturated rings. The summed E-state index contributed by atoms with van der Waals surface area (Å²) in [7, 11) is 0. The SMILES string of the molecule is CC(C)(C)OC(=O)N1CC(c2cc(-c3ccc(OC(F)(F)F)cc3)c3nccnc3c2Cl)C1. The molecule has 10 heteroatoms. The van der Waals surface area contributed by atoms with Crippen molar-refractivity contribution in [3.8, 4) is 16.9 Å². The van der Waals surface area contributed by atoms with Gasteiger partial charge in [0.1, 0.15) is 16.9 Å². The summed E-state index contributed by atoms with van der Waals surface area (Å²) in [5.41, 5.74) is 2.52. The monoisotopic (exact) mass is 479 g/mol. The second-order valence-electron chi connectivity index (χ2n) is 8.74. The zero-order valence-electron chi connectivity index (χ0n) is 18.1. The second-order valence-corrected chi connectivity index (χ2v) is 9.11. The molecule has 0 spiro atoms. The molecule has 6 nitrogen and oxygen atoms in total. The molecule has 0 radical (unpaired) electrons. The number of alkyl halides is 3. The third-order valence-electron chi connectivity index (χ3n) is 5.09. The van der Waals surface area contributed by atoms with Gasteiger partial charge in [-0.25, -0.2) is 4.79 Å². The van der Waals surface area contributed by atoms with Crippen LogP contribution in [0.25, 0.3) is 22.2 Å². The maximum absolute atomic E-state index is 12.5. The van der Waals surface area contributed by atoms with Gasteiger partial charge < -0.3 is 14.4 Å². The Labute approximate surface area is 193 Å². The number of halogens is 4. The first-order valence-corrected chi connectivity index (χ1v) is 10.6. The van der Waals surface area contributed by atoms with E-state index in [2.05, 4.69) is 14.7 Å². The van der Waals surface area contributed by atoms with Gasteiger partial charge in [-0.05, 0) is 50.1 Å². The standard InChI is InChI=1S/C23H21ClF3N3O3/c1-22(2,3)33-21(31)30-11-14(12-30)16-10-17(19-20(18(16)24)29-9-8-28-19)13-4-6-15(7-5-13)32-23(25,26)27/h4-10,14H,11-12H2,1-3H3. The van der Waals surface area contributed by atoms with Crippen LogP contribution in [0.15, 0.2) is 42.7 Å². The van der Waals surface area contributed by atoms with Crippen LogP contribution in [0.1, 0.15) is 32.3 Å². The smallest absolute Gasteiger partial charge is 0.444 e. The Morgan fingerprint density at radius 3 is 2.24 bits per heavy atom. The van der Waals surface area contributed by atoms with Gasteiger partial charge in [0, 0.05) is 37.0 Å². The summed E-state index contributed by atoms with van der Waals surface area (Å²) >= 11 is 6.66. The van der Waals surface area contributed by atoms with Gasteiger partial charge in [0.25, 0.3) is 0 Å². The van der Waals surface area contributed by atoms with Crippen molar-refractivity contribution in [3.05, 3.63) is 53.3 Å². The number of nitrogens with zero attached hydrogens (tertiary/aromatic N) is 3. The van der Waals surface area contributed by atoms with E-state index in [1.807, 2.05) is 6.07 Å². The number of hydrogen-bond donors (Lipinski definition) is 0. The Hall–Kier alpha value is -3.07. The van der Waals surface area contributed by atoms with Crippen LogP contribution in [0.2, 0.25) is 5.02 Å². The lowest BCUT2D eigenvalue weighted by atomic mass is 9.88. The molecule has 3 aromatic rings. The Balaban J connectivity index is 1.65. The Kier molecular flexibility index (Phi) is 5.86. The van der Waals surface area contributed by atoms with Crippen LogP contribution in [0.3, 0.4) is 0 Å². The zero-order chi connectivity index (χ0) is 24.0. The first-order valence-electron chi connectivity index (χ1n) is 10.2. The maximum Gasteiger partial charge on any atom is 0.573 e. The highest BCUT2D eigenvalue weighted by atomic mass is 35.5. The van der Waals surface area contributed by atoms with Crippen molar-refractivity contribution in [2.45, 2.75) is 38.7 Å². The number of benzene rings is 2. The molecule has 1 aromatic heterocycles. The minimum Gasteiger partial charge on any atom is -0.444 e. The molecular formula is C23H21ClF3N3O3. The van der Waals surface area contributed by atoms with Crippen LogP contribution >= 0.6 is 11.6 Å². The summed E-state index contributed by atoms with van der Waals surface area (Å²) in [4.78, 5) is 22.6. The molecule has 33 heavy (non-hydrogen) atoms. The number of hydrogen-bond acceptors (Lipinski definition) is 5. The summed E-state index contributed by atoms with van der Waals surface area (Å²) in [6.07, 6.45) is -2.11. The normalized spacial score (nSPS) is 14.8. The van der Waals surface area contributed by atoms with Gasteiger partial charge in [0.2, 0.25) is 0 Å². The van der Waals surface area contributed by atoms with Gasteiger partial charge in [-0.3, -0.25) is 9.97 Å². The van der Waals surface area contributed by atoms with E-state index in [0.29, 0.717) is 40.3 Å². The van der Waals surface area contributed by atoms with Gasteiger partial charge in [-0.15, -0.1) is 13.2 Å². The topological polar surface area (TPSA) is 64.5 Å². The molecule has 2 aromatic carbocycles. The van der Waals surface area contributed by atoms with Crippen molar-refractivity contribution in [2.24, 2.45) is 0 Å².